The van der Waals surface area contributed by atoms with Gasteiger partial charge < -0.3 is 0 Å². The van der Waals surface area contributed by atoms with Crippen LogP contribution in [-0.4, -0.2) is 16.7 Å². The number of anilines is 1. The predicted octanol–water partition coefficient (Wildman–Crippen LogP) is 2.58. The number of hydrogen-bond acceptors (Lipinski definition) is 4. The summed E-state index contributed by atoms with van der Waals surface area (Å²) in [6.45, 7) is 1.61. The van der Waals surface area contributed by atoms with E-state index in [1.54, 1.807) is 13.0 Å². The molecule has 3 rings (SSSR count). The van der Waals surface area contributed by atoms with Gasteiger partial charge in [0.1, 0.15) is 0 Å². The first-order valence-corrected chi connectivity index (χ1v) is 7.13. The number of carbonyl (C=O) groups is 2. The molecular formula is C15H16N2O4. The lowest BCUT2D eigenvalue weighted by Gasteiger charge is -2.19. The number of nitro benzene ring substituents is 1. The van der Waals surface area contributed by atoms with Crippen LogP contribution >= 0.6 is 0 Å². The van der Waals surface area contributed by atoms with E-state index < -0.39 is 4.92 Å². The monoisotopic (exact) mass is 288 g/mol. The zero-order valence-corrected chi connectivity index (χ0v) is 11.7. The highest BCUT2D eigenvalue weighted by Crippen LogP contribution is 2.40. The molecule has 1 aliphatic carbocycles. The van der Waals surface area contributed by atoms with Gasteiger partial charge in [0.05, 0.1) is 22.4 Å². The molecule has 21 heavy (non-hydrogen) atoms. The van der Waals surface area contributed by atoms with Crippen LogP contribution in [0.2, 0.25) is 0 Å². The smallest absolute Gasteiger partial charge is 0.272 e. The number of nitro groups is 1. The summed E-state index contributed by atoms with van der Waals surface area (Å²) in [5, 5.41) is 10.8. The molecule has 0 unspecified atom stereocenters. The Hall–Kier alpha value is -2.24. The molecule has 1 saturated carbocycles. The summed E-state index contributed by atoms with van der Waals surface area (Å²) in [6, 6.07) is 4.39. The lowest BCUT2D eigenvalue weighted by molar-refractivity contribution is -0.385. The number of aryl methyl sites for hydroxylation is 1. The van der Waals surface area contributed by atoms with Gasteiger partial charge in [-0.05, 0) is 31.9 Å². The van der Waals surface area contributed by atoms with Crippen molar-refractivity contribution < 1.29 is 14.5 Å². The van der Waals surface area contributed by atoms with Crippen molar-refractivity contribution in [2.24, 2.45) is 11.8 Å². The Bertz CT molecular complexity index is 617. The molecule has 1 aromatic carbocycles. The molecule has 0 aromatic heterocycles. The van der Waals surface area contributed by atoms with Crippen molar-refractivity contribution in [1.82, 2.24) is 0 Å². The number of hydrogen-bond donors (Lipinski definition) is 0. The van der Waals surface area contributed by atoms with Crippen LogP contribution in [-0.2, 0) is 9.59 Å². The maximum Gasteiger partial charge on any atom is 0.272 e. The Morgan fingerprint density at radius 2 is 1.71 bits per heavy atom. The van der Waals surface area contributed by atoms with Gasteiger partial charge in [-0.1, -0.05) is 12.8 Å². The van der Waals surface area contributed by atoms with Crippen LogP contribution in [0.1, 0.15) is 31.2 Å². The third-order valence-corrected chi connectivity index (χ3v) is 4.48. The minimum atomic E-state index is -0.466. The second kappa shape index (κ2) is 4.95. The summed E-state index contributed by atoms with van der Waals surface area (Å²) >= 11 is 0. The molecule has 2 amide bonds. The van der Waals surface area contributed by atoms with Gasteiger partial charge in [-0.3, -0.25) is 24.6 Å². The highest BCUT2D eigenvalue weighted by atomic mass is 16.6. The van der Waals surface area contributed by atoms with Crippen LogP contribution in [0.4, 0.5) is 11.4 Å². The second-order valence-electron chi connectivity index (χ2n) is 5.74. The molecule has 6 nitrogen and oxygen atoms in total. The standard InChI is InChI=1S/C15H16N2O4/c1-9-8-10(6-7-13(9)17(20)21)16-14(18)11-4-2-3-5-12(11)15(16)19/h6-8,11-12H,2-5H2,1H3/t11-,12-/m1/s1. The molecule has 1 aromatic rings. The minimum Gasteiger partial charge on any atom is -0.274 e. The molecule has 110 valence electrons. The molecule has 1 heterocycles. The number of benzene rings is 1. The summed E-state index contributed by atoms with van der Waals surface area (Å²) in [7, 11) is 0. The molecule has 0 bridgehead atoms. The van der Waals surface area contributed by atoms with E-state index in [2.05, 4.69) is 0 Å². The van der Waals surface area contributed by atoms with Crippen molar-refractivity contribution >= 4 is 23.2 Å². The van der Waals surface area contributed by atoms with Crippen molar-refractivity contribution in [3.63, 3.8) is 0 Å². The molecule has 0 N–H and O–H groups in total. The van der Waals surface area contributed by atoms with Gasteiger partial charge in [-0.25, -0.2) is 0 Å². The highest BCUT2D eigenvalue weighted by Gasteiger charge is 2.48. The number of nitrogens with zero attached hydrogens (tertiary/aromatic N) is 2. The Labute approximate surface area is 121 Å². The lowest BCUT2D eigenvalue weighted by atomic mass is 9.81. The zero-order chi connectivity index (χ0) is 15.1. The number of imide groups is 1. The van der Waals surface area contributed by atoms with Gasteiger partial charge in [-0.15, -0.1) is 0 Å². The van der Waals surface area contributed by atoms with E-state index in [1.165, 1.54) is 17.0 Å². The Morgan fingerprint density at radius 3 is 2.19 bits per heavy atom. The average Bonchev–Trinajstić information content (AvgIpc) is 2.71. The van der Waals surface area contributed by atoms with Crippen molar-refractivity contribution in [2.45, 2.75) is 32.6 Å². The molecule has 6 heteroatoms. The van der Waals surface area contributed by atoms with Gasteiger partial charge in [0, 0.05) is 11.6 Å². The summed E-state index contributed by atoms with van der Waals surface area (Å²) < 4.78 is 0. The molecular weight excluding hydrogens is 272 g/mol. The number of amides is 2. The second-order valence-corrected chi connectivity index (χ2v) is 5.74. The van der Waals surface area contributed by atoms with E-state index >= 15 is 0 Å². The first-order valence-electron chi connectivity index (χ1n) is 7.13. The van der Waals surface area contributed by atoms with Crippen LogP contribution in [0.5, 0.6) is 0 Å². The topological polar surface area (TPSA) is 80.5 Å². The Morgan fingerprint density at radius 1 is 1.14 bits per heavy atom. The Balaban J connectivity index is 1.97. The SMILES string of the molecule is Cc1cc(N2C(=O)[C@@H]3CCCC[C@H]3C2=O)ccc1[N+](=O)[O-]. The number of rotatable bonds is 2. The first kappa shape index (κ1) is 13.7. The van der Waals surface area contributed by atoms with E-state index in [0.29, 0.717) is 11.3 Å². The lowest BCUT2D eigenvalue weighted by Crippen LogP contribution is -2.30. The molecule has 0 radical (unpaired) electrons. The van der Waals surface area contributed by atoms with E-state index in [1.807, 2.05) is 0 Å². The predicted molar refractivity (Wildman–Crippen MR) is 75.8 cm³/mol. The van der Waals surface area contributed by atoms with Crippen molar-refractivity contribution in [3.8, 4) is 0 Å². The maximum atomic E-state index is 12.5. The molecule has 2 aliphatic rings. The van der Waals surface area contributed by atoms with E-state index in [0.717, 1.165) is 25.7 Å². The van der Waals surface area contributed by atoms with E-state index in [4.69, 9.17) is 0 Å². The molecule has 1 saturated heterocycles. The quantitative estimate of drug-likeness (QED) is 0.476. The van der Waals surface area contributed by atoms with Crippen LogP contribution in [0.3, 0.4) is 0 Å². The fraction of sp³-hybridized carbons (Fsp3) is 0.467. The van der Waals surface area contributed by atoms with Crippen molar-refractivity contribution in [2.75, 3.05) is 4.90 Å². The van der Waals surface area contributed by atoms with Gasteiger partial charge in [-0.2, -0.15) is 0 Å². The molecule has 2 atom stereocenters. The van der Waals surface area contributed by atoms with Gasteiger partial charge in [0.25, 0.3) is 5.69 Å². The van der Waals surface area contributed by atoms with Gasteiger partial charge >= 0.3 is 0 Å². The average molecular weight is 288 g/mol. The summed E-state index contributed by atoms with van der Waals surface area (Å²) in [4.78, 5) is 36.5. The fourth-order valence-corrected chi connectivity index (χ4v) is 3.40. The first-order chi connectivity index (χ1) is 10.0. The summed E-state index contributed by atoms with van der Waals surface area (Å²) in [5.41, 5.74) is 0.894. The van der Waals surface area contributed by atoms with Gasteiger partial charge in [0.2, 0.25) is 11.8 Å². The normalized spacial score (nSPS) is 25.1. The van der Waals surface area contributed by atoms with E-state index in [9.17, 15) is 19.7 Å². The van der Waals surface area contributed by atoms with Crippen LogP contribution in [0.25, 0.3) is 0 Å². The van der Waals surface area contributed by atoms with Gasteiger partial charge in [0.15, 0.2) is 0 Å². The third-order valence-electron chi connectivity index (χ3n) is 4.48. The van der Waals surface area contributed by atoms with Crippen LogP contribution < -0.4 is 4.90 Å². The largest absolute Gasteiger partial charge is 0.274 e. The van der Waals surface area contributed by atoms with Crippen LogP contribution in [0.15, 0.2) is 18.2 Å². The molecule has 0 spiro atoms. The Kier molecular flexibility index (Phi) is 3.23. The van der Waals surface area contributed by atoms with E-state index in [-0.39, 0.29) is 29.3 Å². The zero-order valence-electron chi connectivity index (χ0n) is 11.7. The fourth-order valence-electron chi connectivity index (χ4n) is 3.40. The molecule has 2 fully saturated rings. The third kappa shape index (κ3) is 2.11. The maximum absolute atomic E-state index is 12.5. The van der Waals surface area contributed by atoms with Crippen molar-refractivity contribution in [1.29, 1.82) is 0 Å². The number of carbonyl (C=O) groups excluding carboxylic acids is 2. The van der Waals surface area contributed by atoms with Crippen LogP contribution in [0, 0.1) is 28.9 Å². The van der Waals surface area contributed by atoms with Crippen molar-refractivity contribution in [3.05, 3.63) is 33.9 Å². The highest BCUT2D eigenvalue weighted by molar-refractivity contribution is 6.22. The minimum absolute atomic E-state index is 0.00439. The molecule has 1 aliphatic heterocycles. The summed E-state index contributed by atoms with van der Waals surface area (Å²) in [5.74, 6) is -0.723. The summed E-state index contributed by atoms with van der Waals surface area (Å²) in [6.07, 6.45) is 3.48. The number of fused-ring (bicyclic) bond motifs is 1.